The fraction of sp³-hybridized carbons (Fsp3) is 0.692. The molecule has 0 radical (unpaired) electrons. The van der Waals surface area contributed by atoms with E-state index in [2.05, 4.69) is 21.8 Å². The lowest BCUT2D eigenvalue weighted by atomic mass is 10.1. The van der Waals surface area contributed by atoms with Gasteiger partial charge in [0.05, 0.1) is 12.7 Å². The Kier molecular flexibility index (Phi) is 7.08. The first-order valence-electron chi connectivity index (χ1n) is 6.39. The van der Waals surface area contributed by atoms with E-state index >= 15 is 0 Å². The lowest BCUT2D eigenvalue weighted by Gasteiger charge is -2.01. The third-order valence-electron chi connectivity index (χ3n) is 2.73. The number of nitrogens with one attached hydrogen (secondary N) is 1. The van der Waals surface area contributed by atoms with Crippen molar-refractivity contribution >= 4 is 0 Å². The SMILES string of the molecule is CCOCC[n+]1cc[nH]c1CCCCCC#N. The molecule has 0 aliphatic carbocycles. The van der Waals surface area contributed by atoms with Crippen molar-refractivity contribution in [2.24, 2.45) is 0 Å². The van der Waals surface area contributed by atoms with Crippen LogP contribution >= 0.6 is 0 Å². The number of aromatic amines is 1. The Morgan fingerprint density at radius 1 is 1.41 bits per heavy atom. The van der Waals surface area contributed by atoms with Crippen molar-refractivity contribution in [3.8, 4) is 6.07 Å². The minimum atomic E-state index is 0.676. The first kappa shape index (κ1) is 13.7. The van der Waals surface area contributed by atoms with E-state index < -0.39 is 0 Å². The van der Waals surface area contributed by atoms with Gasteiger partial charge in [0.2, 0.25) is 0 Å². The van der Waals surface area contributed by atoms with Crippen molar-refractivity contribution in [1.82, 2.24) is 4.98 Å². The Labute approximate surface area is 103 Å². The molecule has 94 valence electrons. The van der Waals surface area contributed by atoms with Crippen LogP contribution in [0.2, 0.25) is 0 Å². The van der Waals surface area contributed by atoms with Crippen LogP contribution in [0.4, 0.5) is 0 Å². The summed E-state index contributed by atoms with van der Waals surface area (Å²) >= 11 is 0. The summed E-state index contributed by atoms with van der Waals surface area (Å²) < 4.78 is 7.56. The maximum atomic E-state index is 8.44. The summed E-state index contributed by atoms with van der Waals surface area (Å²) in [7, 11) is 0. The van der Waals surface area contributed by atoms with E-state index in [0.717, 1.165) is 45.4 Å². The molecule has 1 aromatic rings. The van der Waals surface area contributed by atoms with Gasteiger partial charge >= 0.3 is 0 Å². The summed E-state index contributed by atoms with van der Waals surface area (Å²) in [6.45, 7) is 4.46. The largest absolute Gasteiger partial charge is 0.378 e. The minimum absolute atomic E-state index is 0.676. The van der Waals surface area contributed by atoms with E-state index in [1.807, 2.05) is 13.1 Å². The minimum Gasteiger partial charge on any atom is -0.378 e. The molecule has 4 heteroatoms. The fourth-order valence-corrected chi connectivity index (χ4v) is 1.80. The summed E-state index contributed by atoms with van der Waals surface area (Å²) in [4.78, 5) is 3.27. The number of hydrogen-bond acceptors (Lipinski definition) is 2. The molecule has 0 atom stereocenters. The molecule has 0 amide bonds. The summed E-state index contributed by atoms with van der Waals surface area (Å²) in [5, 5.41) is 8.44. The van der Waals surface area contributed by atoms with Crippen LogP contribution in [0, 0.1) is 11.3 Å². The highest BCUT2D eigenvalue weighted by molar-refractivity contribution is 4.77. The smallest absolute Gasteiger partial charge is 0.254 e. The average molecular weight is 236 g/mol. The van der Waals surface area contributed by atoms with E-state index in [9.17, 15) is 0 Å². The van der Waals surface area contributed by atoms with Crippen LogP contribution < -0.4 is 4.57 Å². The van der Waals surface area contributed by atoms with Crippen molar-refractivity contribution < 1.29 is 9.30 Å². The predicted molar refractivity (Wildman–Crippen MR) is 65.3 cm³/mol. The number of H-pyrrole nitrogens is 1. The molecule has 0 aromatic carbocycles. The molecule has 0 spiro atoms. The topological polar surface area (TPSA) is 52.7 Å². The third-order valence-corrected chi connectivity index (χ3v) is 2.73. The van der Waals surface area contributed by atoms with Crippen LogP contribution in [0.5, 0.6) is 0 Å². The zero-order chi connectivity index (χ0) is 12.3. The lowest BCUT2D eigenvalue weighted by molar-refractivity contribution is -0.704. The van der Waals surface area contributed by atoms with Crippen LogP contribution in [0.3, 0.4) is 0 Å². The molecule has 1 heterocycles. The van der Waals surface area contributed by atoms with Gasteiger partial charge in [-0.15, -0.1) is 0 Å². The van der Waals surface area contributed by atoms with Crippen LogP contribution in [0.1, 0.15) is 38.4 Å². The molecule has 1 N–H and O–H groups in total. The van der Waals surface area contributed by atoms with Crippen molar-refractivity contribution in [1.29, 1.82) is 5.26 Å². The normalized spacial score (nSPS) is 10.4. The van der Waals surface area contributed by atoms with Gasteiger partial charge in [-0.25, -0.2) is 9.55 Å². The van der Waals surface area contributed by atoms with Gasteiger partial charge in [-0.2, -0.15) is 5.26 Å². The molecule has 0 saturated heterocycles. The quantitative estimate of drug-likeness (QED) is 0.526. The monoisotopic (exact) mass is 236 g/mol. The van der Waals surface area contributed by atoms with E-state index in [4.69, 9.17) is 10.00 Å². The zero-order valence-electron chi connectivity index (χ0n) is 10.6. The summed E-state index contributed by atoms with van der Waals surface area (Å²) in [6.07, 6.45) is 9.02. The first-order valence-corrected chi connectivity index (χ1v) is 6.39. The van der Waals surface area contributed by atoms with Crippen molar-refractivity contribution in [3.05, 3.63) is 18.2 Å². The molecule has 0 bridgehead atoms. The number of nitriles is 1. The van der Waals surface area contributed by atoms with Gasteiger partial charge in [-0.3, -0.25) is 0 Å². The van der Waals surface area contributed by atoms with Crippen molar-refractivity contribution in [2.45, 2.75) is 45.6 Å². The molecule has 0 unspecified atom stereocenters. The standard InChI is InChI=1S/C13H21N3O/c1-2-17-12-11-16-10-9-15-13(16)7-5-3-4-6-8-14/h9-10H,2-7,11-12H2,1H3/p+1. The van der Waals surface area contributed by atoms with Crippen molar-refractivity contribution in [3.63, 3.8) is 0 Å². The Morgan fingerprint density at radius 2 is 2.29 bits per heavy atom. The number of ether oxygens (including phenoxy) is 1. The molecule has 0 aliphatic heterocycles. The van der Waals surface area contributed by atoms with Gasteiger partial charge < -0.3 is 4.74 Å². The van der Waals surface area contributed by atoms with E-state index in [1.54, 1.807) is 0 Å². The average Bonchev–Trinajstić information content (AvgIpc) is 2.77. The number of hydrogen-bond donors (Lipinski definition) is 1. The van der Waals surface area contributed by atoms with Crippen LogP contribution in [0.25, 0.3) is 0 Å². The first-order chi connectivity index (χ1) is 8.38. The molecule has 1 aromatic heterocycles. The van der Waals surface area contributed by atoms with Gasteiger partial charge in [0.15, 0.2) is 0 Å². The summed E-state index contributed by atoms with van der Waals surface area (Å²) in [5.74, 6) is 1.25. The van der Waals surface area contributed by atoms with E-state index in [0.29, 0.717) is 6.42 Å². The number of unbranched alkanes of at least 4 members (excludes halogenated alkanes) is 3. The molecule has 0 fully saturated rings. The summed E-state index contributed by atoms with van der Waals surface area (Å²) in [5.41, 5.74) is 0. The number of rotatable bonds is 9. The highest BCUT2D eigenvalue weighted by atomic mass is 16.5. The molecule has 4 nitrogen and oxygen atoms in total. The van der Waals surface area contributed by atoms with E-state index in [1.165, 1.54) is 5.82 Å². The second-order valence-corrected chi connectivity index (χ2v) is 4.02. The Morgan fingerprint density at radius 3 is 3.06 bits per heavy atom. The molecule has 0 saturated carbocycles. The van der Waals surface area contributed by atoms with Gasteiger partial charge in [0.1, 0.15) is 18.9 Å². The van der Waals surface area contributed by atoms with Gasteiger partial charge in [0.25, 0.3) is 5.82 Å². The highest BCUT2D eigenvalue weighted by Crippen LogP contribution is 2.02. The van der Waals surface area contributed by atoms with E-state index in [-0.39, 0.29) is 0 Å². The third kappa shape index (κ3) is 5.50. The molecular formula is C13H22N3O+. The Bertz CT molecular complexity index is 341. The summed E-state index contributed by atoms with van der Waals surface area (Å²) in [6, 6.07) is 2.18. The number of imidazole rings is 1. The fourth-order valence-electron chi connectivity index (χ4n) is 1.80. The second kappa shape index (κ2) is 8.77. The van der Waals surface area contributed by atoms with Crippen molar-refractivity contribution in [2.75, 3.05) is 13.2 Å². The maximum absolute atomic E-state index is 8.44. The number of nitrogens with zero attached hydrogens (tertiary/aromatic N) is 2. The highest BCUT2D eigenvalue weighted by Gasteiger charge is 2.09. The Hall–Kier alpha value is -1.34. The number of aryl methyl sites for hydroxylation is 1. The predicted octanol–water partition coefficient (Wildman–Crippen LogP) is 1.97. The lowest BCUT2D eigenvalue weighted by Crippen LogP contribution is -2.38. The molecule has 0 aliphatic rings. The van der Waals surface area contributed by atoms with Gasteiger partial charge in [0, 0.05) is 19.4 Å². The maximum Gasteiger partial charge on any atom is 0.254 e. The number of aromatic nitrogens is 2. The van der Waals surface area contributed by atoms with Crippen LogP contribution in [0.15, 0.2) is 12.4 Å². The molecule has 1 rings (SSSR count). The zero-order valence-corrected chi connectivity index (χ0v) is 10.6. The molecule has 17 heavy (non-hydrogen) atoms. The van der Waals surface area contributed by atoms with Crippen LogP contribution in [-0.2, 0) is 17.7 Å². The van der Waals surface area contributed by atoms with Crippen LogP contribution in [-0.4, -0.2) is 18.2 Å². The molecular weight excluding hydrogens is 214 g/mol. The second-order valence-electron chi connectivity index (χ2n) is 4.02. The van der Waals surface area contributed by atoms with Gasteiger partial charge in [-0.1, -0.05) is 6.42 Å². The Balaban J connectivity index is 2.23. The van der Waals surface area contributed by atoms with Gasteiger partial charge in [-0.05, 0) is 19.8 Å².